The van der Waals surface area contributed by atoms with Gasteiger partial charge in [0.15, 0.2) is 0 Å². The second-order valence-electron chi connectivity index (χ2n) is 5.39. The van der Waals surface area contributed by atoms with Crippen LogP contribution >= 0.6 is 0 Å². The van der Waals surface area contributed by atoms with E-state index in [1.807, 2.05) is 49.3 Å². The highest BCUT2D eigenvalue weighted by Gasteiger charge is 2.07. The molecule has 0 aliphatic carbocycles. The lowest BCUT2D eigenvalue weighted by atomic mass is 10.2. The average Bonchev–Trinajstić information content (AvgIpc) is 2.59. The van der Waals surface area contributed by atoms with Crippen molar-refractivity contribution >= 4 is 17.5 Å². The fraction of sp³-hybridized carbons (Fsp3) is 0.222. The lowest BCUT2D eigenvalue weighted by Gasteiger charge is -2.13. The van der Waals surface area contributed by atoms with Crippen molar-refractivity contribution in [3.63, 3.8) is 0 Å². The summed E-state index contributed by atoms with van der Waals surface area (Å²) in [4.78, 5) is 25.6. The number of nitrogens with one attached hydrogen (secondary N) is 2. The first kappa shape index (κ1) is 16.5. The maximum atomic E-state index is 11.8. The van der Waals surface area contributed by atoms with E-state index in [2.05, 4.69) is 10.6 Å². The number of benzene rings is 2. The zero-order valence-electron chi connectivity index (χ0n) is 13.4. The van der Waals surface area contributed by atoms with E-state index in [9.17, 15) is 9.59 Å². The molecule has 2 N–H and O–H groups in total. The number of hydrogen-bond acceptors (Lipinski definition) is 3. The zero-order valence-corrected chi connectivity index (χ0v) is 13.4. The average molecular weight is 311 g/mol. The number of carbonyl (C=O) groups excluding carboxylic acids is 2. The highest BCUT2D eigenvalue weighted by atomic mass is 16.2. The first-order valence-electron chi connectivity index (χ1n) is 7.42. The SMILES string of the molecule is CN(C)c1ccc(CNC(=O)CNC(=O)c2ccccc2)cc1. The van der Waals surface area contributed by atoms with Gasteiger partial charge in [-0.05, 0) is 29.8 Å². The van der Waals surface area contributed by atoms with Gasteiger partial charge in [0.05, 0.1) is 6.54 Å². The van der Waals surface area contributed by atoms with Gasteiger partial charge in [-0.1, -0.05) is 30.3 Å². The summed E-state index contributed by atoms with van der Waals surface area (Å²) in [7, 11) is 3.96. The van der Waals surface area contributed by atoms with Crippen molar-refractivity contribution in [2.75, 3.05) is 25.5 Å². The van der Waals surface area contributed by atoms with Crippen molar-refractivity contribution in [3.8, 4) is 0 Å². The predicted molar refractivity (Wildman–Crippen MR) is 91.4 cm³/mol. The number of hydrogen-bond donors (Lipinski definition) is 2. The fourth-order valence-electron chi connectivity index (χ4n) is 2.03. The molecular formula is C18H21N3O2. The maximum absolute atomic E-state index is 11.8. The Kier molecular flexibility index (Phi) is 5.74. The van der Waals surface area contributed by atoms with Crippen LogP contribution in [0.3, 0.4) is 0 Å². The van der Waals surface area contributed by atoms with Crippen LogP contribution in [-0.2, 0) is 11.3 Å². The van der Waals surface area contributed by atoms with Gasteiger partial charge in [0.25, 0.3) is 5.91 Å². The number of rotatable bonds is 6. The van der Waals surface area contributed by atoms with Crippen LogP contribution in [-0.4, -0.2) is 32.5 Å². The van der Waals surface area contributed by atoms with E-state index < -0.39 is 0 Å². The molecule has 0 atom stereocenters. The van der Waals surface area contributed by atoms with E-state index in [4.69, 9.17) is 0 Å². The summed E-state index contributed by atoms with van der Waals surface area (Å²) in [5, 5.41) is 5.39. The molecule has 0 radical (unpaired) electrons. The molecular weight excluding hydrogens is 290 g/mol. The molecule has 2 aromatic carbocycles. The highest BCUT2D eigenvalue weighted by molar-refractivity contribution is 5.96. The van der Waals surface area contributed by atoms with Gasteiger partial charge in [-0.15, -0.1) is 0 Å². The van der Waals surface area contributed by atoms with Gasteiger partial charge < -0.3 is 15.5 Å². The first-order valence-corrected chi connectivity index (χ1v) is 7.42. The summed E-state index contributed by atoms with van der Waals surface area (Å²) in [6, 6.07) is 16.8. The minimum atomic E-state index is -0.254. The second-order valence-corrected chi connectivity index (χ2v) is 5.39. The smallest absolute Gasteiger partial charge is 0.251 e. The minimum Gasteiger partial charge on any atom is -0.378 e. The van der Waals surface area contributed by atoms with E-state index >= 15 is 0 Å². The Morgan fingerprint density at radius 3 is 2.17 bits per heavy atom. The molecule has 0 saturated carbocycles. The summed E-state index contributed by atoms with van der Waals surface area (Å²) in [5.74, 6) is -0.470. The summed E-state index contributed by atoms with van der Waals surface area (Å²) in [6.45, 7) is 0.400. The van der Waals surface area contributed by atoms with Gasteiger partial charge in [-0.3, -0.25) is 9.59 Å². The molecule has 0 heterocycles. The van der Waals surface area contributed by atoms with Crippen LogP contribution in [0.5, 0.6) is 0 Å². The summed E-state index contributed by atoms with van der Waals surface area (Å²) >= 11 is 0. The Morgan fingerprint density at radius 1 is 0.913 bits per heavy atom. The highest BCUT2D eigenvalue weighted by Crippen LogP contribution is 2.11. The van der Waals surface area contributed by atoms with Crippen molar-refractivity contribution in [3.05, 3.63) is 65.7 Å². The van der Waals surface area contributed by atoms with Crippen molar-refractivity contribution in [1.82, 2.24) is 10.6 Å². The van der Waals surface area contributed by atoms with E-state index in [0.29, 0.717) is 12.1 Å². The third kappa shape index (κ3) is 5.14. The molecule has 120 valence electrons. The van der Waals surface area contributed by atoms with Crippen LogP contribution in [0, 0.1) is 0 Å². The van der Waals surface area contributed by atoms with Gasteiger partial charge in [0, 0.05) is 31.9 Å². The molecule has 0 spiro atoms. The molecule has 0 unspecified atom stereocenters. The lowest BCUT2D eigenvalue weighted by Crippen LogP contribution is -2.36. The van der Waals surface area contributed by atoms with Gasteiger partial charge in [0.1, 0.15) is 0 Å². The van der Waals surface area contributed by atoms with Crippen LogP contribution in [0.4, 0.5) is 5.69 Å². The van der Waals surface area contributed by atoms with Crippen LogP contribution in [0.2, 0.25) is 0 Å². The van der Waals surface area contributed by atoms with Gasteiger partial charge in [-0.25, -0.2) is 0 Å². The quantitative estimate of drug-likeness (QED) is 0.855. The molecule has 23 heavy (non-hydrogen) atoms. The van der Waals surface area contributed by atoms with Gasteiger partial charge in [0.2, 0.25) is 5.91 Å². The largest absolute Gasteiger partial charge is 0.378 e. The Morgan fingerprint density at radius 2 is 1.57 bits per heavy atom. The first-order chi connectivity index (χ1) is 11.1. The molecule has 2 aromatic rings. The lowest BCUT2D eigenvalue weighted by molar-refractivity contribution is -0.120. The normalized spacial score (nSPS) is 10.0. The van der Waals surface area contributed by atoms with Gasteiger partial charge >= 0.3 is 0 Å². The monoisotopic (exact) mass is 311 g/mol. The van der Waals surface area contributed by atoms with E-state index in [1.165, 1.54) is 0 Å². The standard InChI is InChI=1S/C18H21N3O2/c1-21(2)16-10-8-14(9-11-16)12-19-17(22)13-20-18(23)15-6-4-3-5-7-15/h3-11H,12-13H2,1-2H3,(H,19,22)(H,20,23). The second kappa shape index (κ2) is 7.98. The van der Waals surface area contributed by atoms with Gasteiger partial charge in [-0.2, -0.15) is 0 Å². The van der Waals surface area contributed by atoms with Crippen molar-refractivity contribution in [2.45, 2.75) is 6.54 Å². The zero-order chi connectivity index (χ0) is 16.7. The molecule has 5 nitrogen and oxygen atoms in total. The number of carbonyl (C=O) groups is 2. The number of amides is 2. The maximum Gasteiger partial charge on any atom is 0.251 e. The summed E-state index contributed by atoms with van der Waals surface area (Å²) in [6.07, 6.45) is 0. The third-order valence-electron chi connectivity index (χ3n) is 3.39. The molecule has 2 rings (SSSR count). The molecule has 0 bridgehead atoms. The van der Waals surface area contributed by atoms with Crippen molar-refractivity contribution in [1.29, 1.82) is 0 Å². The third-order valence-corrected chi connectivity index (χ3v) is 3.39. The van der Waals surface area contributed by atoms with E-state index in [0.717, 1.165) is 11.3 Å². The van der Waals surface area contributed by atoms with E-state index in [-0.39, 0.29) is 18.4 Å². The molecule has 0 aliphatic heterocycles. The van der Waals surface area contributed by atoms with E-state index in [1.54, 1.807) is 24.3 Å². The predicted octanol–water partition coefficient (Wildman–Crippen LogP) is 1.80. The summed E-state index contributed by atoms with van der Waals surface area (Å²) in [5.41, 5.74) is 2.66. The van der Waals surface area contributed by atoms with Crippen LogP contribution in [0.25, 0.3) is 0 Å². The fourth-order valence-corrected chi connectivity index (χ4v) is 2.03. The molecule has 0 aromatic heterocycles. The molecule has 5 heteroatoms. The number of anilines is 1. The molecule has 0 fully saturated rings. The Hall–Kier alpha value is -2.82. The van der Waals surface area contributed by atoms with Crippen LogP contribution in [0.1, 0.15) is 15.9 Å². The Bertz CT molecular complexity index is 652. The minimum absolute atomic E-state index is 0.0382. The Labute approximate surface area is 136 Å². The van der Waals surface area contributed by atoms with Crippen LogP contribution in [0.15, 0.2) is 54.6 Å². The van der Waals surface area contributed by atoms with Crippen molar-refractivity contribution in [2.24, 2.45) is 0 Å². The Balaban J connectivity index is 1.76. The summed E-state index contributed by atoms with van der Waals surface area (Å²) < 4.78 is 0. The molecule has 0 saturated heterocycles. The van der Waals surface area contributed by atoms with Crippen LogP contribution < -0.4 is 15.5 Å². The number of nitrogens with zero attached hydrogens (tertiary/aromatic N) is 1. The van der Waals surface area contributed by atoms with Crippen molar-refractivity contribution < 1.29 is 9.59 Å². The topological polar surface area (TPSA) is 61.4 Å². The molecule has 2 amide bonds. The molecule has 0 aliphatic rings.